The monoisotopic (exact) mass is 271 g/mol. The fourth-order valence-corrected chi connectivity index (χ4v) is 2.65. The van der Waals surface area contributed by atoms with Gasteiger partial charge in [-0.25, -0.2) is 0 Å². The molecule has 2 rings (SSSR count). The largest absolute Gasteiger partial charge is 0.417 e. The van der Waals surface area contributed by atoms with Crippen LogP contribution in [-0.2, 0) is 6.18 Å². The number of carbonyl (C=O) groups excluding carboxylic acids is 1. The third-order valence-electron chi connectivity index (χ3n) is 3.68. The zero-order valence-electron chi connectivity index (χ0n) is 10.9. The van der Waals surface area contributed by atoms with E-state index in [1.165, 1.54) is 6.07 Å². The zero-order chi connectivity index (χ0) is 14.3. The summed E-state index contributed by atoms with van der Waals surface area (Å²) in [7, 11) is 0. The molecule has 1 aromatic rings. The number of halogens is 3. The molecule has 1 saturated heterocycles. The molecule has 0 aromatic heterocycles. The molecule has 5 heteroatoms. The molecule has 0 amide bonds. The highest BCUT2D eigenvalue weighted by molar-refractivity contribution is 5.79. The van der Waals surface area contributed by atoms with E-state index in [9.17, 15) is 18.0 Å². The van der Waals surface area contributed by atoms with Crippen LogP contribution in [0, 0.1) is 0 Å². The van der Waals surface area contributed by atoms with Crippen LogP contribution in [0.3, 0.4) is 0 Å². The van der Waals surface area contributed by atoms with Crippen molar-refractivity contribution in [3.05, 3.63) is 29.3 Å². The van der Waals surface area contributed by atoms with Gasteiger partial charge in [-0.1, -0.05) is 0 Å². The maximum atomic E-state index is 12.9. The smallest absolute Gasteiger partial charge is 0.366 e. The lowest BCUT2D eigenvalue weighted by molar-refractivity contribution is -0.137. The van der Waals surface area contributed by atoms with Crippen LogP contribution >= 0.6 is 0 Å². The van der Waals surface area contributed by atoms with E-state index in [0.29, 0.717) is 5.69 Å². The van der Waals surface area contributed by atoms with Crippen LogP contribution in [0.1, 0.15) is 42.6 Å². The highest BCUT2D eigenvalue weighted by Crippen LogP contribution is 2.38. The van der Waals surface area contributed by atoms with Crippen molar-refractivity contribution in [1.29, 1.82) is 0 Å². The molecule has 2 nitrogen and oxygen atoms in total. The first-order valence-electron chi connectivity index (χ1n) is 6.20. The maximum absolute atomic E-state index is 12.9. The molecule has 104 valence electrons. The minimum atomic E-state index is -4.50. The topological polar surface area (TPSA) is 20.3 Å². The molecule has 0 spiro atoms. The van der Waals surface area contributed by atoms with Crippen molar-refractivity contribution >= 4 is 12.0 Å². The van der Waals surface area contributed by atoms with Gasteiger partial charge >= 0.3 is 6.18 Å². The minimum absolute atomic E-state index is 0.147. The van der Waals surface area contributed by atoms with E-state index < -0.39 is 11.7 Å². The van der Waals surface area contributed by atoms with E-state index in [1.54, 1.807) is 6.07 Å². The van der Waals surface area contributed by atoms with Crippen LogP contribution in [0.25, 0.3) is 0 Å². The average molecular weight is 271 g/mol. The van der Waals surface area contributed by atoms with E-state index in [-0.39, 0.29) is 17.4 Å². The summed E-state index contributed by atoms with van der Waals surface area (Å²) < 4.78 is 38.8. The van der Waals surface area contributed by atoms with Crippen LogP contribution < -0.4 is 4.90 Å². The molecule has 1 aromatic carbocycles. The van der Waals surface area contributed by atoms with E-state index in [0.717, 1.165) is 25.5 Å². The number of anilines is 1. The summed E-state index contributed by atoms with van der Waals surface area (Å²) in [6.07, 6.45) is -2.34. The summed E-state index contributed by atoms with van der Waals surface area (Å²) in [5.41, 5.74) is -0.790. The molecule has 0 atom stereocenters. The third-order valence-corrected chi connectivity index (χ3v) is 3.68. The van der Waals surface area contributed by atoms with Crippen LogP contribution in [0.5, 0.6) is 0 Å². The van der Waals surface area contributed by atoms with E-state index in [1.807, 2.05) is 18.7 Å². The first-order valence-corrected chi connectivity index (χ1v) is 6.20. The minimum Gasteiger partial charge on any atom is -0.366 e. The Morgan fingerprint density at radius 3 is 2.47 bits per heavy atom. The number of alkyl halides is 3. The summed E-state index contributed by atoms with van der Waals surface area (Å²) in [6, 6.07) is 3.92. The standard InChI is InChI=1S/C14H16F3NO/c1-13(2)6-3-7-18(13)11-5-4-10(9-19)12(8-11)14(15,16)17/h4-5,8-9H,3,6-7H2,1-2H3. The second kappa shape index (κ2) is 4.54. The second-order valence-corrected chi connectivity index (χ2v) is 5.45. The van der Waals surface area contributed by atoms with E-state index in [4.69, 9.17) is 0 Å². The van der Waals surface area contributed by atoms with Gasteiger partial charge < -0.3 is 4.90 Å². The molecule has 0 aliphatic carbocycles. The Kier molecular flexibility index (Phi) is 3.32. The van der Waals surface area contributed by atoms with Gasteiger partial charge in [-0.05, 0) is 44.9 Å². The van der Waals surface area contributed by atoms with Gasteiger partial charge in [-0.2, -0.15) is 13.2 Å². The van der Waals surface area contributed by atoms with Gasteiger partial charge in [-0.15, -0.1) is 0 Å². The fraction of sp³-hybridized carbons (Fsp3) is 0.500. The predicted molar refractivity (Wildman–Crippen MR) is 67.5 cm³/mol. The van der Waals surface area contributed by atoms with Gasteiger partial charge in [0.1, 0.15) is 0 Å². The van der Waals surface area contributed by atoms with Crippen LogP contribution in [0.15, 0.2) is 18.2 Å². The molecule has 1 aliphatic heterocycles. The molecule has 1 fully saturated rings. The van der Waals surface area contributed by atoms with Crippen molar-refractivity contribution in [2.45, 2.75) is 38.4 Å². The normalized spacial score (nSPS) is 18.7. The van der Waals surface area contributed by atoms with Crippen LogP contribution in [0.4, 0.5) is 18.9 Å². The van der Waals surface area contributed by atoms with Crippen molar-refractivity contribution in [1.82, 2.24) is 0 Å². The highest BCUT2D eigenvalue weighted by atomic mass is 19.4. The van der Waals surface area contributed by atoms with Crippen molar-refractivity contribution in [3.63, 3.8) is 0 Å². The Balaban J connectivity index is 2.47. The summed E-state index contributed by atoms with van der Waals surface area (Å²) in [4.78, 5) is 12.7. The van der Waals surface area contributed by atoms with Gasteiger partial charge in [0.2, 0.25) is 0 Å². The lowest BCUT2D eigenvalue weighted by Crippen LogP contribution is -2.38. The molecule has 1 heterocycles. The Labute approximate surface area is 110 Å². The number of aldehydes is 1. The first kappa shape index (κ1) is 13.9. The zero-order valence-corrected chi connectivity index (χ0v) is 10.9. The van der Waals surface area contributed by atoms with Crippen molar-refractivity contribution < 1.29 is 18.0 Å². The molecule has 0 saturated carbocycles. The predicted octanol–water partition coefficient (Wildman–Crippen LogP) is 3.90. The summed E-state index contributed by atoms with van der Waals surface area (Å²) in [5, 5.41) is 0. The number of benzene rings is 1. The molecular formula is C14H16F3NO. The van der Waals surface area contributed by atoms with Gasteiger partial charge in [0.25, 0.3) is 0 Å². The Morgan fingerprint density at radius 1 is 1.32 bits per heavy atom. The fourth-order valence-electron chi connectivity index (χ4n) is 2.65. The van der Waals surface area contributed by atoms with E-state index in [2.05, 4.69) is 0 Å². The molecular weight excluding hydrogens is 255 g/mol. The molecule has 19 heavy (non-hydrogen) atoms. The number of hydrogen-bond donors (Lipinski definition) is 0. The molecule has 1 aliphatic rings. The second-order valence-electron chi connectivity index (χ2n) is 5.45. The first-order chi connectivity index (χ1) is 8.75. The third kappa shape index (κ3) is 2.60. The number of hydrogen-bond acceptors (Lipinski definition) is 2. The van der Waals surface area contributed by atoms with Crippen molar-refractivity contribution in [3.8, 4) is 0 Å². The SMILES string of the molecule is CC1(C)CCCN1c1ccc(C=O)c(C(F)(F)F)c1. The average Bonchev–Trinajstić information content (AvgIpc) is 2.67. The van der Waals surface area contributed by atoms with E-state index >= 15 is 0 Å². The Hall–Kier alpha value is -1.52. The molecule has 0 bridgehead atoms. The summed E-state index contributed by atoms with van der Waals surface area (Å²) >= 11 is 0. The number of rotatable bonds is 2. The highest BCUT2D eigenvalue weighted by Gasteiger charge is 2.36. The Bertz CT molecular complexity index is 494. The maximum Gasteiger partial charge on any atom is 0.417 e. The lowest BCUT2D eigenvalue weighted by Gasteiger charge is -2.34. The van der Waals surface area contributed by atoms with Gasteiger partial charge in [0.05, 0.1) is 5.56 Å². The molecule has 0 radical (unpaired) electrons. The van der Waals surface area contributed by atoms with Gasteiger partial charge in [0, 0.05) is 23.3 Å². The van der Waals surface area contributed by atoms with Crippen LogP contribution in [0.2, 0.25) is 0 Å². The van der Waals surface area contributed by atoms with Gasteiger partial charge in [0.15, 0.2) is 6.29 Å². The molecule has 0 N–H and O–H groups in total. The van der Waals surface area contributed by atoms with Crippen LogP contribution in [-0.4, -0.2) is 18.4 Å². The van der Waals surface area contributed by atoms with Gasteiger partial charge in [-0.3, -0.25) is 4.79 Å². The molecule has 0 unspecified atom stereocenters. The summed E-state index contributed by atoms with van der Waals surface area (Å²) in [6.45, 7) is 4.77. The lowest BCUT2D eigenvalue weighted by atomic mass is 10.0. The Morgan fingerprint density at radius 2 is 2.00 bits per heavy atom. The summed E-state index contributed by atoms with van der Waals surface area (Å²) in [5.74, 6) is 0. The quantitative estimate of drug-likeness (QED) is 0.760. The van der Waals surface area contributed by atoms with Crippen molar-refractivity contribution in [2.24, 2.45) is 0 Å². The number of carbonyl (C=O) groups is 1. The number of nitrogens with zero attached hydrogens (tertiary/aromatic N) is 1. The van der Waals surface area contributed by atoms with Crippen molar-refractivity contribution in [2.75, 3.05) is 11.4 Å².